The van der Waals surface area contributed by atoms with E-state index in [0.717, 1.165) is 25.0 Å². The van der Waals surface area contributed by atoms with Gasteiger partial charge in [0.1, 0.15) is 6.04 Å². The van der Waals surface area contributed by atoms with Gasteiger partial charge in [0.05, 0.1) is 12.1 Å². The van der Waals surface area contributed by atoms with E-state index in [4.69, 9.17) is 21.1 Å². The van der Waals surface area contributed by atoms with E-state index >= 15 is 0 Å². The SMILES string of the molecule is NC(CCC(=O)O)C(=O)O.O=C(O)CCCC[C@@H]1SC[C@@H]2NC(=O)N[C@@H]21. The van der Waals surface area contributed by atoms with Gasteiger partial charge < -0.3 is 31.7 Å². The molecule has 7 N–H and O–H groups in total. The molecular weight excluding hydrogens is 366 g/mol. The third-order valence-electron chi connectivity index (χ3n) is 4.05. The first-order valence-electron chi connectivity index (χ1n) is 8.31. The third kappa shape index (κ3) is 7.91. The van der Waals surface area contributed by atoms with Crippen LogP contribution in [0.1, 0.15) is 38.5 Å². The summed E-state index contributed by atoms with van der Waals surface area (Å²) >= 11 is 1.87. The van der Waals surface area contributed by atoms with Gasteiger partial charge in [-0.25, -0.2) is 4.79 Å². The van der Waals surface area contributed by atoms with Crippen molar-refractivity contribution in [2.45, 2.75) is 61.9 Å². The second-order valence-corrected chi connectivity index (χ2v) is 7.41. The quantitative estimate of drug-likeness (QED) is 0.234. The molecule has 0 aliphatic carbocycles. The minimum atomic E-state index is -1.17. The Balaban J connectivity index is 0.000000294. The van der Waals surface area contributed by atoms with Crippen LogP contribution >= 0.6 is 11.8 Å². The number of carboxylic acid groups (broad SMARTS) is 3. The van der Waals surface area contributed by atoms with Gasteiger partial charge in [-0.3, -0.25) is 14.4 Å². The molecule has 4 atom stereocenters. The van der Waals surface area contributed by atoms with Crippen LogP contribution < -0.4 is 16.4 Å². The van der Waals surface area contributed by atoms with Gasteiger partial charge in [0.15, 0.2) is 0 Å². The van der Waals surface area contributed by atoms with Crippen LogP contribution in [0.3, 0.4) is 0 Å². The van der Waals surface area contributed by atoms with Crippen molar-refractivity contribution in [1.82, 2.24) is 10.6 Å². The fraction of sp³-hybridized carbons (Fsp3) is 0.733. The second-order valence-electron chi connectivity index (χ2n) is 6.14. The van der Waals surface area contributed by atoms with E-state index < -0.39 is 23.9 Å². The van der Waals surface area contributed by atoms with Crippen LogP contribution in [-0.2, 0) is 14.4 Å². The summed E-state index contributed by atoms with van der Waals surface area (Å²) < 4.78 is 0. The Hall–Kier alpha value is -2.01. The first kappa shape index (κ1) is 22.0. The highest BCUT2D eigenvalue weighted by molar-refractivity contribution is 8.00. The number of fused-ring (bicyclic) bond motifs is 1. The molecule has 0 aromatic carbocycles. The molecule has 0 radical (unpaired) electrons. The lowest BCUT2D eigenvalue weighted by molar-refractivity contribution is -0.140. The molecule has 0 bridgehead atoms. The highest BCUT2D eigenvalue weighted by atomic mass is 32.2. The van der Waals surface area contributed by atoms with Gasteiger partial charge in [-0.1, -0.05) is 6.42 Å². The first-order chi connectivity index (χ1) is 12.2. The Bertz CT molecular complexity index is 531. The number of rotatable bonds is 9. The van der Waals surface area contributed by atoms with Gasteiger partial charge in [-0.2, -0.15) is 11.8 Å². The summed E-state index contributed by atoms with van der Waals surface area (Å²) in [6.45, 7) is 0. The van der Waals surface area contributed by atoms with E-state index in [2.05, 4.69) is 10.6 Å². The number of thioether (sulfide) groups is 1. The van der Waals surface area contributed by atoms with Gasteiger partial charge in [0.2, 0.25) is 0 Å². The molecule has 0 aromatic rings. The van der Waals surface area contributed by atoms with Gasteiger partial charge in [0.25, 0.3) is 0 Å². The maximum atomic E-state index is 11.1. The van der Waals surface area contributed by atoms with Crippen LogP contribution in [0.15, 0.2) is 0 Å². The fourth-order valence-corrected chi connectivity index (χ4v) is 4.21. The summed E-state index contributed by atoms with van der Waals surface area (Å²) in [5.41, 5.74) is 5.00. The number of carbonyl (C=O) groups is 4. The van der Waals surface area contributed by atoms with E-state index in [1.54, 1.807) is 0 Å². The summed E-state index contributed by atoms with van der Waals surface area (Å²) in [6.07, 6.45) is 2.66. The molecule has 26 heavy (non-hydrogen) atoms. The van der Waals surface area contributed by atoms with Gasteiger partial charge in [-0.15, -0.1) is 0 Å². The number of hydrogen-bond acceptors (Lipinski definition) is 6. The zero-order valence-corrected chi connectivity index (χ0v) is 15.0. The smallest absolute Gasteiger partial charge is 0.320 e. The van der Waals surface area contributed by atoms with E-state index in [9.17, 15) is 19.2 Å². The van der Waals surface area contributed by atoms with E-state index in [1.807, 2.05) is 11.8 Å². The normalized spacial score (nSPS) is 24.5. The maximum absolute atomic E-state index is 11.1. The van der Waals surface area contributed by atoms with Crippen LogP contribution in [0.5, 0.6) is 0 Å². The average Bonchev–Trinajstić information content (AvgIpc) is 3.09. The molecule has 2 aliphatic rings. The van der Waals surface area contributed by atoms with Crippen molar-refractivity contribution in [3.63, 3.8) is 0 Å². The van der Waals surface area contributed by atoms with Gasteiger partial charge in [-0.05, 0) is 19.3 Å². The predicted molar refractivity (Wildman–Crippen MR) is 94.1 cm³/mol. The number of nitrogens with two attached hydrogens (primary N) is 1. The monoisotopic (exact) mass is 391 g/mol. The van der Waals surface area contributed by atoms with Crippen molar-refractivity contribution < 1.29 is 34.5 Å². The summed E-state index contributed by atoms with van der Waals surface area (Å²) in [4.78, 5) is 41.3. The Morgan fingerprint density at radius 2 is 1.77 bits per heavy atom. The van der Waals surface area contributed by atoms with Crippen LogP contribution in [0.4, 0.5) is 4.79 Å². The number of aliphatic carboxylic acids is 3. The lowest BCUT2D eigenvalue weighted by atomic mass is 10.0. The molecule has 1 unspecified atom stereocenters. The molecule has 0 saturated carbocycles. The summed E-state index contributed by atoms with van der Waals surface area (Å²) in [6, 6.07) is -0.619. The maximum Gasteiger partial charge on any atom is 0.320 e. The minimum absolute atomic E-state index is 0.0231. The number of unbranched alkanes of at least 4 members (excludes halogenated alkanes) is 1. The minimum Gasteiger partial charge on any atom is -0.481 e. The Morgan fingerprint density at radius 1 is 1.12 bits per heavy atom. The molecule has 2 fully saturated rings. The predicted octanol–water partition coefficient (Wildman–Crippen LogP) is 0.0599. The van der Waals surface area contributed by atoms with Gasteiger partial charge in [0, 0.05) is 23.8 Å². The van der Waals surface area contributed by atoms with Crippen LogP contribution in [0.2, 0.25) is 0 Å². The lowest BCUT2D eigenvalue weighted by Crippen LogP contribution is -2.36. The Labute approximate surface area is 154 Å². The fourth-order valence-electron chi connectivity index (χ4n) is 2.67. The van der Waals surface area contributed by atoms with E-state index in [1.165, 1.54) is 0 Å². The molecule has 2 saturated heterocycles. The summed E-state index contributed by atoms with van der Waals surface area (Å²) in [7, 11) is 0. The number of urea groups is 1. The zero-order valence-electron chi connectivity index (χ0n) is 14.2. The average molecular weight is 391 g/mol. The molecule has 148 valence electrons. The van der Waals surface area contributed by atoms with Crippen molar-refractivity contribution in [2.24, 2.45) is 5.73 Å². The molecule has 10 nitrogen and oxygen atoms in total. The molecule has 11 heteroatoms. The number of carbonyl (C=O) groups excluding carboxylic acids is 1. The summed E-state index contributed by atoms with van der Waals surface area (Å²) in [5.74, 6) is -1.96. The van der Waals surface area contributed by atoms with Crippen molar-refractivity contribution in [3.05, 3.63) is 0 Å². The molecule has 2 rings (SSSR count). The highest BCUT2D eigenvalue weighted by Crippen LogP contribution is 2.33. The molecule has 0 spiro atoms. The lowest BCUT2D eigenvalue weighted by Gasteiger charge is -2.16. The van der Waals surface area contributed by atoms with E-state index in [-0.39, 0.29) is 37.4 Å². The first-order valence-corrected chi connectivity index (χ1v) is 9.36. The number of carboxylic acids is 3. The van der Waals surface area contributed by atoms with Crippen LogP contribution in [-0.4, -0.2) is 68.4 Å². The van der Waals surface area contributed by atoms with Crippen LogP contribution in [0.25, 0.3) is 0 Å². The Morgan fingerprint density at radius 3 is 2.35 bits per heavy atom. The van der Waals surface area contributed by atoms with Gasteiger partial charge >= 0.3 is 23.9 Å². The van der Waals surface area contributed by atoms with Crippen LogP contribution in [0, 0.1) is 0 Å². The molecule has 2 aliphatic heterocycles. The summed E-state index contributed by atoms with van der Waals surface area (Å²) in [5, 5.41) is 31.1. The molecule has 2 heterocycles. The molecular formula is C15H25N3O7S. The number of hydrogen-bond donors (Lipinski definition) is 6. The van der Waals surface area contributed by atoms with Crippen molar-refractivity contribution in [3.8, 4) is 0 Å². The standard InChI is InChI=1S/C10H16N2O3S.C5H9NO4/c13-8(14)4-2-1-3-7-9-6(5-16-7)11-10(15)12-9;6-3(5(9)10)1-2-4(7)8/h6-7,9H,1-5H2,(H,13,14)(H2,11,12,15);3H,1-2,6H2,(H,7,8)(H,9,10)/t6-,7-,9-;/m0./s1. The second kappa shape index (κ2) is 10.9. The highest BCUT2D eigenvalue weighted by Gasteiger charge is 2.42. The van der Waals surface area contributed by atoms with Crippen molar-refractivity contribution >= 4 is 35.7 Å². The Kier molecular flexibility index (Phi) is 9.21. The molecule has 2 amide bonds. The largest absolute Gasteiger partial charge is 0.481 e. The van der Waals surface area contributed by atoms with E-state index in [0.29, 0.717) is 5.25 Å². The number of amides is 2. The molecule has 0 aromatic heterocycles. The topological polar surface area (TPSA) is 179 Å². The third-order valence-corrected chi connectivity index (χ3v) is 5.56. The zero-order chi connectivity index (χ0) is 19.7. The number of nitrogens with one attached hydrogen (secondary N) is 2. The van der Waals surface area contributed by atoms with Crippen molar-refractivity contribution in [2.75, 3.05) is 5.75 Å². The van der Waals surface area contributed by atoms with Crippen molar-refractivity contribution in [1.29, 1.82) is 0 Å².